The number of unbranched alkanes of at least 4 members (excludes halogenated alkanes) is 2. The lowest BCUT2D eigenvalue weighted by atomic mass is 10.1. The van der Waals surface area contributed by atoms with E-state index in [-0.39, 0.29) is 18.7 Å². The summed E-state index contributed by atoms with van der Waals surface area (Å²) in [6.45, 7) is 1.94. The van der Waals surface area contributed by atoms with Crippen LogP contribution in [0.2, 0.25) is 0 Å². The van der Waals surface area contributed by atoms with Gasteiger partial charge in [0, 0.05) is 24.2 Å². The van der Waals surface area contributed by atoms with Crippen LogP contribution in [0.25, 0.3) is 0 Å². The van der Waals surface area contributed by atoms with E-state index in [1.165, 1.54) is 6.54 Å². The number of hydrogen-bond acceptors (Lipinski definition) is 6. The fraction of sp³-hybridized carbons (Fsp3) is 0.389. The van der Waals surface area contributed by atoms with Crippen molar-refractivity contribution in [1.29, 1.82) is 0 Å². The summed E-state index contributed by atoms with van der Waals surface area (Å²) in [7, 11) is 0. The maximum Gasteiger partial charge on any atom is 0.326 e. The van der Waals surface area contributed by atoms with Gasteiger partial charge in [-0.1, -0.05) is 0 Å². The number of nitrogens with two attached hydrogens (primary N) is 1. The third-order valence-electron chi connectivity index (χ3n) is 3.86. The van der Waals surface area contributed by atoms with Crippen LogP contribution in [-0.2, 0) is 9.59 Å². The van der Waals surface area contributed by atoms with E-state index >= 15 is 0 Å². The number of carboxylic acids is 2. The number of carbonyl (C=O) groups excluding carboxylic acids is 2. The number of nitrogen functional groups attached to an aromatic ring is 1. The number of rotatable bonds is 13. The van der Waals surface area contributed by atoms with E-state index in [1.807, 2.05) is 0 Å². The second kappa shape index (κ2) is 12.9. The van der Waals surface area contributed by atoms with Gasteiger partial charge in [0.15, 0.2) is 0 Å². The predicted octanol–water partition coefficient (Wildman–Crippen LogP) is 0.651. The molecule has 0 fully saturated rings. The standard InChI is InChI=1S/C18H26N5O6/c19-23-13-6-4-12(5-7-13)16(26)20-10-2-1-3-11-21-18(29)22-14(17(27)28)8-9-15(24)25/h4-7,11,14,23H,1-3,8-10,19H2,(H,20,26)(H,24,25)(H,27,28)(H2,21,22,29). The van der Waals surface area contributed by atoms with E-state index in [1.54, 1.807) is 24.3 Å². The average Bonchev–Trinajstić information content (AvgIpc) is 2.69. The van der Waals surface area contributed by atoms with Crippen LogP contribution in [0.5, 0.6) is 0 Å². The summed E-state index contributed by atoms with van der Waals surface area (Å²) in [6.07, 6.45) is 1.33. The molecule has 8 N–H and O–H groups in total. The normalized spacial score (nSPS) is 11.2. The molecule has 0 aliphatic carbocycles. The zero-order valence-electron chi connectivity index (χ0n) is 15.8. The van der Waals surface area contributed by atoms with Gasteiger partial charge in [-0.05, 0) is 49.9 Å². The molecule has 1 rings (SSSR count). The highest BCUT2D eigenvalue weighted by Crippen LogP contribution is 2.08. The van der Waals surface area contributed by atoms with Crippen LogP contribution in [0.4, 0.5) is 10.5 Å². The maximum absolute atomic E-state index is 12.0. The van der Waals surface area contributed by atoms with Crippen LogP contribution in [0.1, 0.15) is 42.5 Å². The molecule has 1 radical (unpaired) electrons. The molecular weight excluding hydrogens is 382 g/mol. The Labute approximate surface area is 168 Å². The van der Waals surface area contributed by atoms with Crippen molar-refractivity contribution in [3.05, 3.63) is 36.4 Å². The van der Waals surface area contributed by atoms with E-state index in [2.05, 4.69) is 21.4 Å². The lowest BCUT2D eigenvalue weighted by Gasteiger charge is -2.14. The highest BCUT2D eigenvalue weighted by atomic mass is 16.4. The van der Waals surface area contributed by atoms with Gasteiger partial charge in [0.05, 0.1) is 6.54 Å². The molecule has 11 nitrogen and oxygen atoms in total. The minimum absolute atomic E-state index is 0.198. The first-order chi connectivity index (χ1) is 13.8. The van der Waals surface area contributed by atoms with Crippen molar-refractivity contribution in [3.63, 3.8) is 0 Å². The van der Waals surface area contributed by atoms with Gasteiger partial charge in [-0.25, -0.2) is 9.59 Å². The molecule has 0 saturated carbocycles. The largest absolute Gasteiger partial charge is 0.481 e. The number of nitrogens with one attached hydrogen (secondary N) is 4. The average molecular weight is 408 g/mol. The fourth-order valence-electron chi connectivity index (χ4n) is 2.28. The number of hydrogen-bond donors (Lipinski definition) is 7. The quantitative estimate of drug-likeness (QED) is 0.141. The molecule has 0 aromatic heterocycles. The minimum atomic E-state index is -1.30. The van der Waals surface area contributed by atoms with Crippen LogP contribution >= 0.6 is 0 Å². The van der Waals surface area contributed by atoms with Crippen molar-refractivity contribution >= 4 is 29.6 Å². The van der Waals surface area contributed by atoms with Crippen LogP contribution in [-0.4, -0.2) is 46.7 Å². The Bertz CT molecular complexity index is 694. The smallest absolute Gasteiger partial charge is 0.326 e. The van der Waals surface area contributed by atoms with E-state index < -0.39 is 24.0 Å². The number of hydrazine groups is 1. The molecule has 0 heterocycles. The maximum atomic E-state index is 12.0. The van der Waals surface area contributed by atoms with E-state index in [9.17, 15) is 19.2 Å². The van der Waals surface area contributed by atoms with Gasteiger partial charge in [0.1, 0.15) is 6.04 Å². The highest BCUT2D eigenvalue weighted by Gasteiger charge is 2.20. The molecule has 0 aliphatic heterocycles. The van der Waals surface area contributed by atoms with Crippen molar-refractivity contribution in [1.82, 2.24) is 16.0 Å². The summed E-state index contributed by atoms with van der Waals surface area (Å²) in [4.78, 5) is 45.1. The van der Waals surface area contributed by atoms with E-state index in [4.69, 9.17) is 16.1 Å². The van der Waals surface area contributed by atoms with Crippen LogP contribution in [0, 0.1) is 6.54 Å². The van der Waals surface area contributed by atoms with Gasteiger partial charge in [0.2, 0.25) is 0 Å². The van der Waals surface area contributed by atoms with Crippen molar-refractivity contribution < 1.29 is 29.4 Å². The first-order valence-corrected chi connectivity index (χ1v) is 9.01. The Kier molecular flexibility index (Phi) is 10.6. The Balaban J connectivity index is 2.14. The lowest BCUT2D eigenvalue weighted by molar-refractivity contribution is -0.140. The summed E-state index contributed by atoms with van der Waals surface area (Å²) >= 11 is 0. The van der Waals surface area contributed by atoms with Gasteiger partial charge in [-0.2, -0.15) is 0 Å². The molecule has 0 spiro atoms. The zero-order valence-corrected chi connectivity index (χ0v) is 15.8. The molecule has 1 aromatic carbocycles. The minimum Gasteiger partial charge on any atom is -0.481 e. The van der Waals surface area contributed by atoms with Gasteiger partial charge >= 0.3 is 18.0 Å². The lowest BCUT2D eigenvalue weighted by Crippen LogP contribution is -2.45. The monoisotopic (exact) mass is 408 g/mol. The summed E-state index contributed by atoms with van der Waals surface area (Å²) < 4.78 is 0. The molecule has 1 aromatic rings. The van der Waals surface area contributed by atoms with Crippen molar-refractivity contribution in [2.45, 2.75) is 38.1 Å². The number of amides is 3. The number of anilines is 1. The summed E-state index contributed by atoms with van der Waals surface area (Å²) in [6, 6.07) is 4.70. The number of carboxylic acid groups (broad SMARTS) is 2. The van der Waals surface area contributed by atoms with E-state index in [0.29, 0.717) is 37.1 Å². The molecule has 0 saturated heterocycles. The van der Waals surface area contributed by atoms with Crippen LogP contribution < -0.4 is 27.2 Å². The highest BCUT2D eigenvalue weighted by molar-refractivity contribution is 5.94. The van der Waals surface area contributed by atoms with Crippen LogP contribution in [0.15, 0.2) is 24.3 Å². The summed E-state index contributed by atoms with van der Waals surface area (Å²) in [5, 5.41) is 24.9. The molecular formula is C18H26N5O6. The van der Waals surface area contributed by atoms with Gasteiger partial charge in [0.25, 0.3) is 5.91 Å². The Morgan fingerprint density at radius 1 is 1.07 bits per heavy atom. The molecule has 0 bridgehead atoms. The second-order valence-electron chi connectivity index (χ2n) is 6.12. The van der Waals surface area contributed by atoms with Crippen molar-refractivity contribution in [2.24, 2.45) is 5.84 Å². The molecule has 0 aliphatic rings. The molecule has 29 heavy (non-hydrogen) atoms. The van der Waals surface area contributed by atoms with Gasteiger partial charge < -0.3 is 31.6 Å². The van der Waals surface area contributed by atoms with Gasteiger partial charge in [-0.15, -0.1) is 0 Å². The van der Waals surface area contributed by atoms with Crippen LogP contribution in [0.3, 0.4) is 0 Å². The number of carbonyl (C=O) groups is 4. The number of aliphatic carboxylic acids is 2. The Hall–Kier alpha value is -3.34. The SMILES string of the molecule is NNc1ccc(C(=O)NCCCC[CH]NC(=O)NC(CCC(=O)O)C(=O)O)cc1. The molecule has 1 atom stereocenters. The first-order valence-electron chi connectivity index (χ1n) is 9.01. The summed E-state index contributed by atoms with van der Waals surface area (Å²) in [5.41, 5.74) is 3.69. The second-order valence-corrected chi connectivity index (χ2v) is 6.12. The fourth-order valence-corrected chi connectivity index (χ4v) is 2.28. The number of benzene rings is 1. The Morgan fingerprint density at radius 2 is 1.76 bits per heavy atom. The molecule has 3 amide bonds. The zero-order chi connectivity index (χ0) is 21.6. The van der Waals surface area contributed by atoms with E-state index in [0.717, 1.165) is 0 Å². The third kappa shape index (κ3) is 9.96. The Morgan fingerprint density at radius 3 is 2.34 bits per heavy atom. The molecule has 11 heteroatoms. The third-order valence-corrected chi connectivity index (χ3v) is 3.86. The topological polar surface area (TPSA) is 183 Å². The van der Waals surface area contributed by atoms with Crippen molar-refractivity contribution in [3.8, 4) is 0 Å². The predicted molar refractivity (Wildman–Crippen MR) is 105 cm³/mol. The summed E-state index contributed by atoms with van der Waals surface area (Å²) in [5.74, 6) is 2.63. The molecule has 159 valence electrons. The molecule has 1 unspecified atom stereocenters. The van der Waals surface area contributed by atoms with Gasteiger partial charge in [-0.3, -0.25) is 15.4 Å². The first kappa shape index (κ1) is 23.7. The number of urea groups is 1. The van der Waals surface area contributed by atoms with Crippen molar-refractivity contribution in [2.75, 3.05) is 12.0 Å².